The summed E-state index contributed by atoms with van der Waals surface area (Å²) in [7, 11) is 5.77. The van der Waals surface area contributed by atoms with E-state index >= 15 is 0 Å². The highest BCUT2D eigenvalue weighted by Gasteiger charge is 2.02. The predicted molar refractivity (Wildman–Crippen MR) is 77.3 cm³/mol. The Morgan fingerprint density at radius 1 is 1.11 bits per heavy atom. The Bertz CT molecular complexity index is 523. The van der Waals surface area contributed by atoms with Crippen molar-refractivity contribution in [2.24, 2.45) is 0 Å². The molecule has 0 atom stereocenters. The summed E-state index contributed by atoms with van der Waals surface area (Å²) in [5.41, 5.74) is 2.96. The van der Waals surface area contributed by atoms with Crippen molar-refractivity contribution in [3.05, 3.63) is 58.6 Å². The Morgan fingerprint density at radius 2 is 1.83 bits per heavy atom. The van der Waals surface area contributed by atoms with Crippen LogP contribution in [-0.4, -0.2) is 14.5 Å². The Hall–Kier alpha value is -1.41. The molecule has 3 heteroatoms. The molecular weight excluding hydrogens is 242 g/mol. The van der Waals surface area contributed by atoms with Crippen molar-refractivity contribution >= 4 is 24.9 Å². The standard InChI is InChI=1S/C15H14BClO/c1-2-18-14-6-3-11(4-7-14)9-12-10-13(16)5-8-15(12)17/h3-8,10H,2,9H2,1H3. The van der Waals surface area contributed by atoms with Gasteiger partial charge in [-0.2, -0.15) is 0 Å². The van der Waals surface area contributed by atoms with Crippen LogP contribution in [0.4, 0.5) is 0 Å². The number of hydrogen-bond donors (Lipinski definition) is 0. The number of benzene rings is 2. The number of halogens is 1. The lowest BCUT2D eigenvalue weighted by Gasteiger charge is -2.07. The molecule has 2 rings (SSSR count). The van der Waals surface area contributed by atoms with E-state index in [2.05, 4.69) is 0 Å². The summed E-state index contributed by atoms with van der Waals surface area (Å²) in [6.07, 6.45) is 0.774. The molecule has 0 aliphatic rings. The van der Waals surface area contributed by atoms with Gasteiger partial charge in [0.15, 0.2) is 0 Å². The lowest BCUT2D eigenvalue weighted by Crippen LogP contribution is -2.03. The van der Waals surface area contributed by atoms with Crippen LogP contribution in [0.1, 0.15) is 18.1 Å². The van der Waals surface area contributed by atoms with E-state index in [1.54, 1.807) is 0 Å². The molecule has 18 heavy (non-hydrogen) atoms. The summed E-state index contributed by atoms with van der Waals surface area (Å²) in [5, 5.41) is 0.748. The molecule has 2 aromatic carbocycles. The number of rotatable bonds is 4. The summed E-state index contributed by atoms with van der Waals surface area (Å²) >= 11 is 6.15. The zero-order valence-electron chi connectivity index (χ0n) is 10.3. The second kappa shape index (κ2) is 5.97. The van der Waals surface area contributed by atoms with Gasteiger partial charge in [-0.25, -0.2) is 0 Å². The van der Waals surface area contributed by atoms with E-state index in [0.29, 0.717) is 6.61 Å². The molecule has 0 saturated heterocycles. The van der Waals surface area contributed by atoms with Gasteiger partial charge >= 0.3 is 0 Å². The summed E-state index contributed by atoms with van der Waals surface area (Å²) < 4.78 is 5.41. The molecule has 0 N–H and O–H groups in total. The molecule has 0 fully saturated rings. The number of ether oxygens (including phenoxy) is 1. The summed E-state index contributed by atoms with van der Waals surface area (Å²) in [6, 6.07) is 13.6. The average Bonchev–Trinajstić information content (AvgIpc) is 2.37. The normalized spacial score (nSPS) is 10.3. The van der Waals surface area contributed by atoms with Crippen LogP contribution in [0, 0.1) is 0 Å². The van der Waals surface area contributed by atoms with Gasteiger partial charge in [-0.05, 0) is 42.7 Å². The maximum absolute atomic E-state index is 6.15. The highest BCUT2D eigenvalue weighted by Crippen LogP contribution is 2.19. The van der Waals surface area contributed by atoms with Gasteiger partial charge in [0.05, 0.1) is 6.61 Å². The zero-order valence-corrected chi connectivity index (χ0v) is 11.1. The largest absolute Gasteiger partial charge is 0.494 e. The smallest absolute Gasteiger partial charge is 0.119 e. The Morgan fingerprint density at radius 3 is 2.50 bits per heavy atom. The van der Waals surface area contributed by atoms with Crippen LogP contribution in [-0.2, 0) is 6.42 Å². The van der Waals surface area contributed by atoms with Crippen LogP contribution in [0.5, 0.6) is 5.75 Å². The average molecular weight is 257 g/mol. The van der Waals surface area contributed by atoms with Crippen molar-refractivity contribution in [2.45, 2.75) is 13.3 Å². The first-order valence-corrected chi connectivity index (χ1v) is 6.32. The van der Waals surface area contributed by atoms with Crippen LogP contribution in [0.3, 0.4) is 0 Å². The van der Waals surface area contributed by atoms with Crippen molar-refractivity contribution < 1.29 is 4.74 Å². The summed E-state index contributed by atoms with van der Waals surface area (Å²) in [4.78, 5) is 0. The van der Waals surface area contributed by atoms with Gasteiger partial charge in [0.25, 0.3) is 0 Å². The summed E-state index contributed by atoms with van der Waals surface area (Å²) in [6.45, 7) is 2.65. The molecule has 0 aromatic heterocycles. The predicted octanol–water partition coefficient (Wildman–Crippen LogP) is 3.12. The third kappa shape index (κ3) is 3.30. The first-order chi connectivity index (χ1) is 8.69. The molecule has 1 nitrogen and oxygen atoms in total. The number of hydrogen-bond acceptors (Lipinski definition) is 1. The third-order valence-corrected chi connectivity index (χ3v) is 3.07. The quantitative estimate of drug-likeness (QED) is 0.764. The van der Waals surface area contributed by atoms with Gasteiger partial charge < -0.3 is 4.74 Å². The van der Waals surface area contributed by atoms with Crippen LogP contribution < -0.4 is 10.2 Å². The Kier molecular flexibility index (Phi) is 4.32. The fraction of sp³-hybridized carbons (Fsp3) is 0.200. The van der Waals surface area contributed by atoms with Gasteiger partial charge in [-0.3, -0.25) is 0 Å². The van der Waals surface area contributed by atoms with Crippen LogP contribution in [0.15, 0.2) is 42.5 Å². The maximum Gasteiger partial charge on any atom is 0.119 e. The van der Waals surface area contributed by atoms with Crippen LogP contribution in [0.2, 0.25) is 5.02 Å². The minimum atomic E-state index is 0.681. The minimum Gasteiger partial charge on any atom is -0.494 e. The van der Waals surface area contributed by atoms with Gasteiger partial charge in [0.2, 0.25) is 0 Å². The molecule has 0 unspecified atom stereocenters. The molecule has 0 saturated carbocycles. The van der Waals surface area contributed by atoms with E-state index in [1.807, 2.05) is 49.4 Å². The lowest BCUT2D eigenvalue weighted by atomic mass is 9.92. The van der Waals surface area contributed by atoms with Crippen molar-refractivity contribution in [1.29, 1.82) is 0 Å². The molecular formula is C15H14BClO. The molecule has 0 amide bonds. The zero-order chi connectivity index (χ0) is 13.0. The highest BCUT2D eigenvalue weighted by molar-refractivity contribution is 6.34. The van der Waals surface area contributed by atoms with E-state index in [1.165, 1.54) is 5.56 Å². The fourth-order valence-electron chi connectivity index (χ4n) is 1.82. The molecule has 0 aliphatic heterocycles. The monoisotopic (exact) mass is 256 g/mol. The lowest BCUT2D eigenvalue weighted by molar-refractivity contribution is 0.340. The molecule has 2 radical (unpaired) electrons. The van der Waals surface area contributed by atoms with Crippen molar-refractivity contribution in [2.75, 3.05) is 6.61 Å². The van der Waals surface area contributed by atoms with E-state index in [0.717, 1.165) is 28.2 Å². The van der Waals surface area contributed by atoms with Crippen LogP contribution in [0.25, 0.3) is 0 Å². The third-order valence-electron chi connectivity index (χ3n) is 2.70. The van der Waals surface area contributed by atoms with Gasteiger partial charge in [0, 0.05) is 5.02 Å². The van der Waals surface area contributed by atoms with E-state index in [9.17, 15) is 0 Å². The van der Waals surface area contributed by atoms with Gasteiger partial charge in [0.1, 0.15) is 13.6 Å². The van der Waals surface area contributed by atoms with Crippen LogP contribution >= 0.6 is 11.6 Å². The molecule has 0 bridgehead atoms. The molecule has 0 aliphatic carbocycles. The van der Waals surface area contributed by atoms with Crippen molar-refractivity contribution in [3.63, 3.8) is 0 Å². The Labute approximate surface area is 114 Å². The topological polar surface area (TPSA) is 9.23 Å². The van der Waals surface area contributed by atoms with E-state index in [4.69, 9.17) is 24.2 Å². The minimum absolute atomic E-state index is 0.681. The molecule has 90 valence electrons. The van der Waals surface area contributed by atoms with Gasteiger partial charge in [-0.15, -0.1) is 0 Å². The van der Waals surface area contributed by atoms with Gasteiger partial charge in [-0.1, -0.05) is 41.3 Å². The van der Waals surface area contributed by atoms with E-state index < -0.39 is 0 Å². The van der Waals surface area contributed by atoms with Crippen molar-refractivity contribution in [3.8, 4) is 5.75 Å². The maximum atomic E-state index is 6.15. The first kappa shape index (κ1) is 13.0. The first-order valence-electron chi connectivity index (χ1n) is 5.94. The molecule has 2 aromatic rings. The molecule has 0 heterocycles. The molecule has 0 spiro atoms. The second-order valence-electron chi connectivity index (χ2n) is 4.10. The van der Waals surface area contributed by atoms with Crippen molar-refractivity contribution in [1.82, 2.24) is 0 Å². The fourth-order valence-corrected chi connectivity index (χ4v) is 2.00. The SMILES string of the molecule is [B]c1ccc(Cl)c(Cc2ccc(OCC)cc2)c1. The van der Waals surface area contributed by atoms with E-state index in [-0.39, 0.29) is 0 Å². The second-order valence-corrected chi connectivity index (χ2v) is 4.51. The summed E-state index contributed by atoms with van der Waals surface area (Å²) in [5.74, 6) is 0.889. The Balaban J connectivity index is 2.15. The highest BCUT2D eigenvalue weighted by atomic mass is 35.5.